The van der Waals surface area contributed by atoms with Crippen LogP contribution in [0.2, 0.25) is 0 Å². The second-order valence-corrected chi connectivity index (χ2v) is 3.33. The first-order chi connectivity index (χ1) is 7.53. The number of carbonyl (C=O) groups excluding carboxylic acids is 2. The van der Waals surface area contributed by atoms with Crippen molar-refractivity contribution in [2.24, 2.45) is 0 Å². The summed E-state index contributed by atoms with van der Waals surface area (Å²) in [6.07, 6.45) is 2.81. The third-order valence-corrected chi connectivity index (χ3v) is 1.95. The molecule has 16 heavy (non-hydrogen) atoms. The number of hydrogen-bond donors (Lipinski definition) is 0. The maximum absolute atomic E-state index is 11.5. The lowest BCUT2D eigenvalue weighted by molar-refractivity contribution is -0.170. The molecule has 0 saturated carbocycles. The zero-order valence-corrected chi connectivity index (χ0v) is 9.32. The van der Waals surface area contributed by atoms with E-state index in [1.807, 2.05) is 0 Å². The van der Waals surface area contributed by atoms with Crippen LogP contribution in [0.15, 0.2) is 24.5 Å². The smallest absolute Gasteiger partial charge is 0.374 e. The van der Waals surface area contributed by atoms with E-state index in [4.69, 9.17) is 14.2 Å². The number of hydrogen-bond acceptors (Lipinski definition) is 5. The summed E-state index contributed by atoms with van der Waals surface area (Å²) in [7, 11) is 0. The minimum Gasteiger partial charge on any atom is -0.482 e. The van der Waals surface area contributed by atoms with Gasteiger partial charge in [0.2, 0.25) is 11.4 Å². The SMILES string of the molecule is C=CCOC1=CC(C)(C(=O)OCC)OC1=O. The summed E-state index contributed by atoms with van der Waals surface area (Å²) >= 11 is 0. The van der Waals surface area contributed by atoms with Gasteiger partial charge in [0.05, 0.1) is 6.61 Å². The van der Waals surface area contributed by atoms with Crippen molar-refractivity contribution >= 4 is 11.9 Å². The van der Waals surface area contributed by atoms with Gasteiger partial charge in [0, 0.05) is 6.08 Å². The summed E-state index contributed by atoms with van der Waals surface area (Å²) in [6.45, 7) is 6.99. The topological polar surface area (TPSA) is 61.8 Å². The minimum atomic E-state index is -1.39. The van der Waals surface area contributed by atoms with Gasteiger partial charge in [-0.2, -0.15) is 0 Å². The highest BCUT2D eigenvalue weighted by Gasteiger charge is 2.44. The normalized spacial score (nSPS) is 23.4. The van der Waals surface area contributed by atoms with E-state index in [1.54, 1.807) is 6.92 Å². The molecule has 1 rings (SSSR count). The molecule has 0 aromatic rings. The van der Waals surface area contributed by atoms with E-state index in [-0.39, 0.29) is 19.0 Å². The van der Waals surface area contributed by atoms with Crippen molar-refractivity contribution in [3.63, 3.8) is 0 Å². The molecule has 0 N–H and O–H groups in total. The molecule has 1 atom stereocenters. The molecule has 0 spiro atoms. The first kappa shape index (κ1) is 12.3. The zero-order valence-electron chi connectivity index (χ0n) is 9.32. The van der Waals surface area contributed by atoms with Gasteiger partial charge in [-0.1, -0.05) is 12.7 Å². The molecule has 1 unspecified atom stereocenters. The largest absolute Gasteiger partial charge is 0.482 e. The second-order valence-electron chi connectivity index (χ2n) is 3.33. The molecule has 0 aliphatic carbocycles. The summed E-state index contributed by atoms with van der Waals surface area (Å²) in [6, 6.07) is 0. The Hall–Kier alpha value is -1.78. The fourth-order valence-corrected chi connectivity index (χ4v) is 1.21. The number of carbonyl (C=O) groups is 2. The molecule has 88 valence electrons. The van der Waals surface area contributed by atoms with Crippen molar-refractivity contribution < 1.29 is 23.8 Å². The molecule has 0 amide bonds. The standard InChI is InChI=1S/C11H14O5/c1-4-6-15-8-7-11(3,16-9(8)12)10(13)14-5-2/h4,7H,1,5-6H2,2-3H3. The Bertz CT molecular complexity index is 344. The van der Waals surface area contributed by atoms with E-state index in [1.165, 1.54) is 19.1 Å². The van der Waals surface area contributed by atoms with Crippen LogP contribution in [-0.4, -0.2) is 30.8 Å². The van der Waals surface area contributed by atoms with Crippen LogP contribution in [0.25, 0.3) is 0 Å². The van der Waals surface area contributed by atoms with E-state index in [2.05, 4.69) is 6.58 Å². The van der Waals surface area contributed by atoms with Gasteiger partial charge < -0.3 is 14.2 Å². The van der Waals surface area contributed by atoms with Gasteiger partial charge in [-0.15, -0.1) is 0 Å². The van der Waals surface area contributed by atoms with Crippen LogP contribution in [0.5, 0.6) is 0 Å². The average Bonchev–Trinajstić information content (AvgIpc) is 2.53. The Morgan fingerprint density at radius 3 is 2.94 bits per heavy atom. The fraction of sp³-hybridized carbons (Fsp3) is 0.455. The van der Waals surface area contributed by atoms with Crippen LogP contribution in [0.1, 0.15) is 13.8 Å². The van der Waals surface area contributed by atoms with Gasteiger partial charge in [0.15, 0.2) is 0 Å². The number of rotatable bonds is 5. The van der Waals surface area contributed by atoms with Gasteiger partial charge in [-0.05, 0) is 13.8 Å². The van der Waals surface area contributed by atoms with Crippen molar-refractivity contribution in [2.45, 2.75) is 19.4 Å². The van der Waals surface area contributed by atoms with Crippen molar-refractivity contribution in [3.05, 3.63) is 24.5 Å². The summed E-state index contributed by atoms with van der Waals surface area (Å²) in [5.74, 6) is -1.27. The first-order valence-electron chi connectivity index (χ1n) is 4.90. The lowest BCUT2D eigenvalue weighted by Gasteiger charge is -2.17. The van der Waals surface area contributed by atoms with Crippen LogP contribution >= 0.6 is 0 Å². The molecule has 0 aromatic heterocycles. The highest BCUT2D eigenvalue weighted by molar-refractivity contribution is 5.96. The van der Waals surface area contributed by atoms with Crippen LogP contribution in [0, 0.1) is 0 Å². The van der Waals surface area contributed by atoms with E-state index in [0.29, 0.717) is 0 Å². The van der Waals surface area contributed by atoms with Gasteiger partial charge in [0.25, 0.3) is 0 Å². The summed E-state index contributed by atoms with van der Waals surface area (Å²) in [5.41, 5.74) is -1.39. The fourth-order valence-electron chi connectivity index (χ4n) is 1.21. The van der Waals surface area contributed by atoms with Crippen molar-refractivity contribution in [1.29, 1.82) is 0 Å². The summed E-state index contributed by atoms with van der Waals surface area (Å²) in [5, 5.41) is 0. The van der Waals surface area contributed by atoms with Crippen LogP contribution in [-0.2, 0) is 23.8 Å². The molecule has 0 aromatic carbocycles. The number of esters is 2. The highest BCUT2D eigenvalue weighted by atomic mass is 16.6. The monoisotopic (exact) mass is 226 g/mol. The molecule has 5 heteroatoms. The summed E-state index contributed by atoms with van der Waals surface area (Å²) < 4.78 is 14.7. The predicted octanol–water partition coefficient (Wildman–Crippen LogP) is 0.951. The van der Waals surface area contributed by atoms with Crippen LogP contribution < -0.4 is 0 Å². The maximum Gasteiger partial charge on any atom is 0.374 e. The van der Waals surface area contributed by atoms with Crippen LogP contribution in [0.3, 0.4) is 0 Å². The molecular weight excluding hydrogens is 212 g/mol. The van der Waals surface area contributed by atoms with Crippen LogP contribution in [0.4, 0.5) is 0 Å². The van der Waals surface area contributed by atoms with E-state index in [9.17, 15) is 9.59 Å². The lowest BCUT2D eigenvalue weighted by Crippen LogP contribution is -2.36. The molecular formula is C11H14O5. The average molecular weight is 226 g/mol. The lowest BCUT2D eigenvalue weighted by atomic mass is 10.1. The molecule has 0 fully saturated rings. The number of ether oxygens (including phenoxy) is 3. The van der Waals surface area contributed by atoms with E-state index >= 15 is 0 Å². The van der Waals surface area contributed by atoms with Gasteiger partial charge in [-0.25, -0.2) is 9.59 Å². The quantitative estimate of drug-likeness (QED) is 0.516. The van der Waals surface area contributed by atoms with Gasteiger partial charge in [0.1, 0.15) is 6.61 Å². The molecule has 0 radical (unpaired) electrons. The maximum atomic E-state index is 11.5. The Morgan fingerprint density at radius 2 is 2.38 bits per heavy atom. The minimum absolute atomic E-state index is 0.00968. The number of cyclic esters (lactones) is 1. The Labute approximate surface area is 93.7 Å². The Balaban J connectivity index is 2.77. The zero-order chi connectivity index (χ0) is 12.2. The third-order valence-electron chi connectivity index (χ3n) is 1.95. The predicted molar refractivity (Wildman–Crippen MR) is 55.4 cm³/mol. The Kier molecular flexibility index (Phi) is 3.71. The second kappa shape index (κ2) is 4.83. The molecule has 0 bridgehead atoms. The van der Waals surface area contributed by atoms with E-state index in [0.717, 1.165) is 0 Å². The van der Waals surface area contributed by atoms with Crippen molar-refractivity contribution in [1.82, 2.24) is 0 Å². The Morgan fingerprint density at radius 1 is 1.69 bits per heavy atom. The molecule has 5 nitrogen and oxygen atoms in total. The molecule has 1 aliphatic rings. The molecule has 1 aliphatic heterocycles. The van der Waals surface area contributed by atoms with E-state index < -0.39 is 17.5 Å². The highest BCUT2D eigenvalue weighted by Crippen LogP contribution is 2.26. The molecule has 0 saturated heterocycles. The molecule has 1 heterocycles. The van der Waals surface area contributed by atoms with Crippen molar-refractivity contribution in [2.75, 3.05) is 13.2 Å². The van der Waals surface area contributed by atoms with Gasteiger partial charge >= 0.3 is 11.9 Å². The first-order valence-corrected chi connectivity index (χ1v) is 4.90. The summed E-state index contributed by atoms with van der Waals surface area (Å²) in [4.78, 5) is 22.9. The third kappa shape index (κ3) is 2.42. The van der Waals surface area contributed by atoms with Crippen molar-refractivity contribution in [3.8, 4) is 0 Å². The van der Waals surface area contributed by atoms with Gasteiger partial charge in [-0.3, -0.25) is 0 Å².